The Bertz CT molecular complexity index is 662. The van der Waals surface area contributed by atoms with Crippen LogP contribution in [0, 0.1) is 5.82 Å². The number of nitrogens with one attached hydrogen (secondary N) is 1. The Labute approximate surface area is 123 Å². The van der Waals surface area contributed by atoms with Gasteiger partial charge in [0.25, 0.3) is 0 Å². The quantitative estimate of drug-likeness (QED) is 0.884. The summed E-state index contributed by atoms with van der Waals surface area (Å²) in [4.78, 5) is 15.4. The van der Waals surface area contributed by atoms with Crippen LogP contribution in [0.25, 0.3) is 0 Å². The number of hydrogen-bond donors (Lipinski definition) is 2. The lowest BCUT2D eigenvalue weighted by Crippen LogP contribution is -2.03. The number of benzene rings is 1. The van der Waals surface area contributed by atoms with Crippen LogP contribution in [-0.4, -0.2) is 16.1 Å². The Kier molecular flexibility index (Phi) is 4.34. The molecule has 2 N–H and O–H groups in total. The normalized spacial score (nSPS) is 10.3. The number of carboxylic acid groups (broad SMARTS) is 1. The summed E-state index contributed by atoms with van der Waals surface area (Å²) >= 11 is 3.10. The van der Waals surface area contributed by atoms with Crippen molar-refractivity contribution in [1.29, 1.82) is 0 Å². The second-order valence-corrected chi connectivity index (χ2v) is 5.00. The number of aryl methyl sites for hydroxylation is 1. The van der Waals surface area contributed by atoms with Gasteiger partial charge in [-0.05, 0) is 52.7 Å². The van der Waals surface area contributed by atoms with Crippen LogP contribution in [-0.2, 0) is 6.42 Å². The molecule has 1 aromatic heterocycles. The zero-order valence-corrected chi connectivity index (χ0v) is 12.2. The molecule has 0 radical (unpaired) electrons. The second kappa shape index (κ2) is 6.00. The number of hydrogen-bond acceptors (Lipinski definition) is 3. The van der Waals surface area contributed by atoms with Gasteiger partial charge in [-0.1, -0.05) is 6.92 Å². The van der Waals surface area contributed by atoms with Gasteiger partial charge in [0, 0.05) is 11.4 Å². The highest BCUT2D eigenvalue weighted by molar-refractivity contribution is 9.10. The number of aromatic carboxylic acids is 1. The van der Waals surface area contributed by atoms with Gasteiger partial charge >= 0.3 is 5.97 Å². The molecule has 2 rings (SSSR count). The number of anilines is 2. The first-order chi connectivity index (χ1) is 9.49. The Balaban J connectivity index is 2.34. The lowest BCUT2D eigenvalue weighted by molar-refractivity contribution is 0.0696. The van der Waals surface area contributed by atoms with Gasteiger partial charge in [0.1, 0.15) is 11.6 Å². The van der Waals surface area contributed by atoms with Gasteiger partial charge < -0.3 is 10.4 Å². The van der Waals surface area contributed by atoms with Crippen LogP contribution >= 0.6 is 15.9 Å². The molecule has 0 bridgehead atoms. The first-order valence-corrected chi connectivity index (χ1v) is 6.75. The molecule has 0 spiro atoms. The molecule has 0 aliphatic heterocycles. The maximum atomic E-state index is 13.2. The Morgan fingerprint density at radius 2 is 2.15 bits per heavy atom. The Hall–Kier alpha value is -1.95. The van der Waals surface area contributed by atoms with E-state index in [1.807, 2.05) is 6.92 Å². The largest absolute Gasteiger partial charge is 0.478 e. The van der Waals surface area contributed by atoms with Crippen molar-refractivity contribution in [1.82, 2.24) is 4.98 Å². The van der Waals surface area contributed by atoms with Crippen molar-refractivity contribution in [3.05, 3.63) is 51.9 Å². The van der Waals surface area contributed by atoms with E-state index in [-0.39, 0.29) is 11.4 Å². The third-order valence-electron chi connectivity index (χ3n) is 2.68. The minimum absolute atomic E-state index is 0.167. The fourth-order valence-electron chi connectivity index (χ4n) is 1.68. The highest BCUT2D eigenvalue weighted by Gasteiger charge is 2.08. The summed E-state index contributed by atoms with van der Waals surface area (Å²) in [6, 6.07) is 7.41. The van der Waals surface area contributed by atoms with Gasteiger partial charge in [-0.15, -0.1) is 0 Å². The molecule has 1 heterocycles. The van der Waals surface area contributed by atoms with E-state index < -0.39 is 5.97 Å². The van der Waals surface area contributed by atoms with E-state index in [1.54, 1.807) is 12.1 Å². The minimum atomic E-state index is -1.01. The van der Waals surface area contributed by atoms with E-state index in [9.17, 15) is 9.18 Å². The topological polar surface area (TPSA) is 62.2 Å². The van der Waals surface area contributed by atoms with E-state index in [2.05, 4.69) is 26.2 Å². The van der Waals surface area contributed by atoms with Crippen molar-refractivity contribution in [2.75, 3.05) is 5.32 Å². The summed E-state index contributed by atoms with van der Waals surface area (Å²) in [5.41, 5.74) is 1.46. The van der Waals surface area contributed by atoms with Crippen LogP contribution in [0.3, 0.4) is 0 Å². The SMILES string of the molecule is CCc1cc(C(=O)O)cc(Nc2ccc(F)c(Br)c2)n1. The fraction of sp³-hybridized carbons (Fsp3) is 0.143. The van der Waals surface area contributed by atoms with Crippen LogP contribution in [0.2, 0.25) is 0 Å². The molecule has 0 unspecified atom stereocenters. The summed E-state index contributed by atoms with van der Waals surface area (Å²) in [7, 11) is 0. The van der Waals surface area contributed by atoms with Crippen LogP contribution in [0.15, 0.2) is 34.8 Å². The summed E-state index contributed by atoms with van der Waals surface area (Å²) in [6.07, 6.45) is 0.628. The van der Waals surface area contributed by atoms with Crippen LogP contribution in [0.5, 0.6) is 0 Å². The molecule has 20 heavy (non-hydrogen) atoms. The van der Waals surface area contributed by atoms with Gasteiger partial charge in [-0.25, -0.2) is 14.2 Å². The van der Waals surface area contributed by atoms with Gasteiger partial charge in [0.2, 0.25) is 0 Å². The molecule has 0 saturated heterocycles. The molecule has 0 fully saturated rings. The standard InChI is InChI=1S/C14H12BrFN2O2/c1-2-9-5-8(14(19)20)6-13(17-9)18-10-3-4-12(16)11(15)7-10/h3-7H,2H2,1H3,(H,17,18)(H,19,20). The molecule has 6 heteroatoms. The van der Waals surface area contributed by atoms with E-state index >= 15 is 0 Å². The molecule has 0 amide bonds. The van der Waals surface area contributed by atoms with Crippen molar-refractivity contribution in [3.8, 4) is 0 Å². The molecule has 4 nitrogen and oxygen atoms in total. The number of rotatable bonds is 4. The van der Waals surface area contributed by atoms with Crippen LogP contribution in [0.1, 0.15) is 23.0 Å². The predicted molar refractivity (Wildman–Crippen MR) is 78.0 cm³/mol. The summed E-state index contributed by atoms with van der Waals surface area (Å²) in [6.45, 7) is 1.90. The van der Waals surface area contributed by atoms with Gasteiger partial charge in [-0.3, -0.25) is 0 Å². The monoisotopic (exact) mass is 338 g/mol. The summed E-state index contributed by atoms with van der Waals surface area (Å²) < 4.78 is 13.5. The number of nitrogens with zero attached hydrogens (tertiary/aromatic N) is 1. The summed E-state index contributed by atoms with van der Waals surface area (Å²) in [5, 5.41) is 12.0. The number of aromatic nitrogens is 1. The van der Waals surface area contributed by atoms with Crippen molar-refractivity contribution in [2.45, 2.75) is 13.3 Å². The molecule has 0 aliphatic carbocycles. The van der Waals surface area contributed by atoms with Crippen molar-refractivity contribution in [3.63, 3.8) is 0 Å². The average molecular weight is 339 g/mol. The first kappa shape index (κ1) is 14.5. The Morgan fingerprint density at radius 1 is 1.40 bits per heavy atom. The van der Waals surface area contributed by atoms with Crippen LogP contribution < -0.4 is 5.32 Å². The lowest BCUT2D eigenvalue weighted by atomic mass is 10.2. The average Bonchev–Trinajstić information content (AvgIpc) is 2.42. The number of halogens is 2. The number of carbonyl (C=O) groups is 1. The molecular weight excluding hydrogens is 327 g/mol. The van der Waals surface area contributed by atoms with E-state index in [1.165, 1.54) is 18.2 Å². The number of pyridine rings is 1. The number of carboxylic acids is 1. The van der Waals surface area contributed by atoms with E-state index in [0.29, 0.717) is 28.1 Å². The minimum Gasteiger partial charge on any atom is -0.478 e. The molecule has 2 aromatic rings. The molecule has 104 valence electrons. The van der Waals surface area contributed by atoms with Crippen molar-refractivity contribution in [2.24, 2.45) is 0 Å². The second-order valence-electron chi connectivity index (χ2n) is 4.14. The van der Waals surface area contributed by atoms with E-state index in [4.69, 9.17) is 5.11 Å². The third kappa shape index (κ3) is 3.33. The highest BCUT2D eigenvalue weighted by Crippen LogP contribution is 2.23. The lowest BCUT2D eigenvalue weighted by Gasteiger charge is -2.09. The molecule has 0 atom stereocenters. The highest BCUT2D eigenvalue weighted by atomic mass is 79.9. The van der Waals surface area contributed by atoms with E-state index in [0.717, 1.165) is 0 Å². The van der Waals surface area contributed by atoms with Crippen molar-refractivity contribution < 1.29 is 14.3 Å². The van der Waals surface area contributed by atoms with Gasteiger partial charge in [0.15, 0.2) is 0 Å². The fourth-order valence-corrected chi connectivity index (χ4v) is 2.06. The molecule has 0 aliphatic rings. The maximum absolute atomic E-state index is 13.2. The van der Waals surface area contributed by atoms with Crippen LogP contribution in [0.4, 0.5) is 15.9 Å². The maximum Gasteiger partial charge on any atom is 0.335 e. The molecule has 1 aromatic carbocycles. The zero-order chi connectivity index (χ0) is 14.7. The molecular formula is C14H12BrFN2O2. The summed E-state index contributed by atoms with van der Waals surface area (Å²) in [5.74, 6) is -0.956. The first-order valence-electron chi connectivity index (χ1n) is 5.96. The van der Waals surface area contributed by atoms with Gasteiger partial charge in [-0.2, -0.15) is 0 Å². The van der Waals surface area contributed by atoms with Gasteiger partial charge in [0.05, 0.1) is 10.0 Å². The predicted octanol–water partition coefficient (Wildman–Crippen LogP) is 3.99. The Morgan fingerprint density at radius 3 is 2.75 bits per heavy atom. The smallest absolute Gasteiger partial charge is 0.335 e. The third-order valence-corrected chi connectivity index (χ3v) is 3.29. The van der Waals surface area contributed by atoms with Crippen molar-refractivity contribution >= 4 is 33.4 Å². The zero-order valence-electron chi connectivity index (χ0n) is 10.7. The molecule has 0 saturated carbocycles.